The van der Waals surface area contributed by atoms with Crippen molar-refractivity contribution in [1.82, 2.24) is 4.72 Å². The number of sulfonamides is 1. The Morgan fingerprint density at radius 1 is 1.12 bits per heavy atom. The molecule has 134 valence electrons. The number of non-ortho nitro benzene ring substituents is 1. The number of benzene rings is 2. The Bertz CT molecular complexity index is 911. The summed E-state index contributed by atoms with van der Waals surface area (Å²) in [7, 11) is -3.74. The van der Waals surface area contributed by atoms with Gasteiger partial charge in [-0.25, -0.2) is 13.1 Å². The lowest BCUT2D eigenvalue weighted by molar-refractivity contribution is -0.384. The molecule has 0 saturated heterocycles. The molecule has 0 radical (unpaired) electrons. The average molecular weight is 426 g/mol. The van der Waals surface area contributed by atoms with E-state index < -0.39 is 14.9 Å². The molecule has 2 aromatic rings. The summed E-state index contributed by atoms with van der Waals surface area (Å²) in [6, 6.07) is 5.96. The number of hydrogen-bond donors (Lipinski definition) is 1. The van der Waals surface area contributed by atoms with Gasteiger partial charge in [0.05, 0.1) is 24.9 Å². The molecule has 7 nitrogen and oxygen atoms in total. The van der Waals surface area contributed by atoms with Crippen molar-refractivity contribution in [3.8, 4) is 11.5 Å². The van der Waals surface area contributed by atoms with Gasteiger partial charge in [0.25, 0.3) is 5.69 Å². The third kappa shape index (κ3) is 4.53. The van der Waals surface area contributed by atoms with Gasteiger partial charge in [0, 0.05) is 18.7 Å². The molecular formula is C14H11Cl3N2O5S. The van der Waals surface area contributed by atoms with E-state index in [0.29, 0.717) is 0 Å². The highest BCUT2D eigenvalue weighted by Crippen LogP contribution is 2.41. The molecule has 1 N–H and O–H groups in total. The summed E-state index contributed by atoms with van der Waals surface area (Å²) in [5, 5.41) is 10.6. The van der Waals surface area contributed by atoms with Gasteiger partial charge in [0.1, 0.15) is 5.75 Å². The molecule has 11 heteroatoms. The van der Waals surface area contributed by atoms with Gasteiger partial charge < -0.3 is 4.74 Å². The summed E-state index contributed by atoms with van der Waals surface area (Å²) < 4.78 is 31.8. The summed E-state index contributed by atoms with van der Waals surface area (Å²) in [5.41, 5.74) is -0.207. The first-order chi connectivity index (χ1) is 11.7. The lowest BCUT2D eigenvalue weighted by atomic mass is 10.3. The number of hydrogen-bond acceptors (Lipinski definition) is 5. The zero-order valence-electron chi connectivity index (χ0n) is 12.6. The molecule has 0 aromatic heterocycles. The second kappa shape index (κ2) is 7.76. The van der Waals surface area contributed by atoms with Crippen LogP contribution in [-0.2, 0) is 10.0 Å². The Hall–Kier alpha value is -1.58. The number of nitrogens with zero attached hydrogens (tertiary/aromatic N) is 1. The maximum absolute atomic E-state index is 12.0. The molecule has 25 heavy (non-hydrogen) atoms. The molecule has 0 fully saturated rings. The number of ether oxygens (including phenoxy) is 1. The number of nitro benzene ring substituents is 1. The van der Waals surface area contributed by atoms with E-state index in [-0.39, 0.29) is 43.7 Å². The van der Waals surface area contributed by atoms with Gasteiger partial charge >= 0.3 is 0 Å². The molecule has 0 aliphatic rings. The van der Waals surface area contributed by atoms with Crippen LogP contribution in [0.1, 0.15) is 6.92 Å². The molecule has 0 bridgehead atoms. The van der Waals surface area contributed by atoms with Gasteiger partial charge in [0.15, 0.2) is 5.75 Å². The molecule has 0 aliphatic carbocycles. The lowest BCUT2D eigenvalue weighted by Crippen LogP contribution is -2.23. The van der Waals surface area contributed by atoms with E-state index in [4.69, 9.17) is 39.5 Å². The summed E-state index contributed by atoms with van der Waals surface area (Å²) in [4.78, 5) is 10.00. The van der Waals surface area contributed by atoms with Gasteiger partial charge in [-0.2, -0.15) is 0 Å². The van der Waals surface area contributed by atoms with Crippen molar-refractivity contribution in [2.75, 3.05) is 6.54 Å². The SMILES string of the molecule is CCNS(=O)(=O)c1cc(Cl)c(Oc2ccc([N+](=O)[O-])cc2Cl)c(Cl)c1. The first kappa shape index (κ1) is 19.7. The summed E-state index contributed by atoms with van der Waals surface area (Å²) in [6.45, 7) is 1.84. The van der Waals surface area contributed by atoms with Crippen LogP contribution in [0.4, 0.5) is 5.69 Å². The van der Waals surface area contributed by atoms with Crippen molar-refractivity contribution in [2.24, 2.45) is 0 Å². The minimum atomic E-state index is -3.74. The van der Waals surface area contributed by atoms with Crippen LogP contribution in [-0.4, -0.2) is 19.9 Å². The quantitative estimate of drug-likeness (QED) is 0.536. The van der Waals surface area contributed by atoms with Crippen molar-refractivity contribution in [3.63, 3.8) is 0 Å². The first-order valence-electron chi connectivity index (χ1n) is 6.76. The van der Waals surface area contributed by atoms with Crippen molar-refractivity contribution in [2.45, 2.75) is 11.8 Å². The molecule has 0 saturated carbocycles. The van der Waals surface area contributed by atoms with E-state index in [0.717, 1.165) is 6.07 Å². The summed E-state index contributed by atoms with van der Waals surface area (Å²) >= 11 is 18.1. The van der Waals surface area contributed by atoms with Crippen molar-refractivity contribution < 1.29 is 18.1 Å². The van der Waals surface area contributed by atoms with Crippen molar-refractivity contribution >= 4 is 50.5 Å². The molecule has 0 amide bonds. The Morgan fingerprint density at radius 3 is 2.20 bits per heavy atom. The molecule has 0 spiro atoms. The van der Waals surface area contributed by atoms with E-state index in [1.165, 1.54) is 24.3 Å². The largest absolute Gasteiger partial charge is 0.453 e. The molecule has 2 aromatic carbocycles. The van der Waals surface area contributed by atoms with Crippen LogP contribution in [0, 0.1) is 10.1 Å². The van der Waals surface area contributed by atoms with E-state index in [9.17, 15) is 18.5 Å². The molecular weight excluding hydrogens is 415 g/mol. The van der Waals surface area contributed by atoms with E-state index in [2.05, 4.69) is 4.72 Å². The van der Waals surface area contributed by atoms with Crippen LogP contribution in [0.15, 0.2) is 35.2 Å². The highest BCUT2D eigenvalue weighted by Gasteiger charge is 2.20. The third-order valence-corrected chi connectivity index (χ3v) is 5.34. The van der Waals surface area contributed by atoms with Gasteiger partial charge in [0.2, 0.25) is 10.0 Å². The van der Waals surface area contributed by atoms with E-state index in [1.807, 2.05) is 0 Å². The highest BCUT2D eigenvalue weighted by atomic mass is 35.5. The summed E-state index contributed by atoms with van der Waals surface area (Å²) in [5.74, 6) is 0.0629. The lowest BCUT2D eigenvalue weighted by Gasteiger charge is -2.13. The molecule has 0 unspecified atom stereocenters. The molecule has 0 heterocycles. The van der Waals surface area contributed by atoms with Crippen LogP contribution < -0.4 is 9.46 Å². The first-order valence-corrected chi connectivity index (χ1v) is 9.38. The highest BCUT2D eigenvalue weighted by molar-refractivity contribution is 7.89. The fraction of sp³-hybridized carbons (Fsp3) is 0.143. The van der Waals surface area contributed by atoms with Crippen LogP contribution in [0.3, 0.4) is 0 Å². The minimum absolute atomic E-state index is 0.0189. The Morgan fingerprint density at radius 2 is 1.72 bits per heavy atom. The van der Waals surface area contributed by atoms with Gasteiger partial charge in [-0.3, -0.25) is 10.1 Å². The predicted molar refractivity (Wildman–Crippen MR) is 95.5 cm³/mol. The predicted octanol–water partition coefficient (Wildman–Crippen LogP) is 4.65. The van der Waals surface area contributed by atoms with Gasteiger partial charge in [-0.1, -0.05) is 41.7 Å². The zero-order chi connectivity index (χ0) is 18.8. The van der Waals surface area contributed by atoms with Gasteiger partial charge in [-0.15, -0.1) is 0 Å². The summed E-state index contributed by atoms with van der Waals surface area (Å²) in [6.07, 6.45) is 0. The Kier molecular flexibility index (Phi) is 6.12. The third-order valence-electron chi connectivity index (χ3n) is 2.95. The molecule has 2 rings (SSSR count). The topological polar surface area (TPSA) is 98.5 Å². The molecule has 0 aliphatic heterocycles. The number of halogens is 3. The monoisotopic (exact) mass is 424 g/mol. The van der Waals surface area contributed by atoms with Gasteiger partial charge in [-0.05, 0) is 18.2 Å². The molecule has 0 atom stereocenters. The smallest absolute Gasteiger partial charge is 0.271 e. The van der Waals surface area contributed by atoms with Crippen LogP contribution >= 0.6 is 34.8 Å². The fourth-order valence-corrected chi connectivity index (χ4v) is 3.86. The fourth-order valence-electron chi connectivity index (χ4n) is 1.86. The number of nitrogens with one attached hydrogen (secondary N) is 1. The minimum Gasteiger partial charge on any atom is -0.453 e. The van der Waals surface area contributed by atoms with E-state index >= 15 is 0 Å². The second-order valence-electron chi connectivity index (χ2n) is 4.69. The van der Waals surface area contributed by atoms with Crippen LogP contribution in [0.5, 0.6) is 11.5 Å². The standard InChI is InChI=1S/C14H11Cl3N2O5S/c1-2-18-25(22,23)9-6-11(16)14(12(17)7-9)24-13-4-3-8(19(20)21)5-10(13)15/h3-7,18H,2H2,1H3. The van der Waals surface area contributed by atoms with E-state index in [1.54, 1.807) is 6.92 Å². The number of nitro groups is 1. The van der Waals surface area contributed by atoms with Crippen molar-refractivity contribution in [1.29, 1.82) is 0 Å². The second-order valence-corrected chi connectivity index (χ2v) is 7.68. The number of rotatable bonds is 6. The average Bonchev–Trinajstić information content (AvgIpc) is 2.51. The Labute approximate surface area is 158 Å². The Balaban J connectivity index is 2.40. The van der Waals surface area contributed by atoms with Crippen LogP contribution in [0.25, 0.3) is 0 Å². The normalized spacial score (nSPS) is 11.4. The zero-order valence-corrected chi connectivity index (χ0v) is 15.7. The van der Waals surface area contributed by atoms with Crippen molar-refractivity contribution in [3.05, 3.63) is 55.5 Å². The van der Waals surface area contributed by atoms with Crippen LogP contribution in [0.2, 0.25) is 15.1 Å². The maximum atomic E-state index is 12.0. The maximum Gasteiger partial charge on any atom is 0.271 e.